The van der Waals surface area contributed by atoms with E-state index < -0.39 is 5.54 Å². The molecule has 0 radical (unpaired) electrons. The quantitative estimate of drug-likeness (QED) is 0.703. The second-order valence-corrected chi connectivity index (χ2v) is 5.45. The summed E-state index contributed by atoms with van der Waals surface area (Å²) >= 11 is 0. The molecule has 0 heterocycles. The van der Waals surface area contributed by atoms with Crippen molar-refractivity contribution in [3.63, 3.8) is 0 Å². The number of hydrogen-bond donors (Lipinski definition) is 2. The monoisotopic (exact) mass is 262 g/mol. The number of rotatable bonds is 8. The molecule has 3 nitrogen and oxygen atoms in total. The topological polar surface area (TPSA) is 55.1 Å². The lowest BCUT2D eigenvalue weighted by Crippen LogP contribution is -2.48. The van der Waals surface area contributed by atoms with Crippen LogP contribution < -0.4 is 11.1 Å². The summed E-state index contributed by atoms with van der Waals surface area (Å²) in [5.74, 6) is -0.285. The minimum atomic E-state index is -0.667. The first-order chi connectivity index (χ1) is 8.99. The van der Waals surface area contributed by atoms with Gasteiger partial charge in [-0.25, -0.2) is 0 Å². The van der Waals surface area contributed by atoms with E-state index in [2.05, 4.69) is 12.2 Å². The maximum absolute atomic E-state index is 11.8. The van der Waals surface area contributed by atoms with Crippen LogP contribution in [-0.4, -0.2) is 11.4 Å². The summed E-state index contributed by atoms with van der Waals surface area (Å²) in [5, 5.41) is 3.33. The van der Waals surface area contributed by atoms with Crippen LogP contribution in [0.4, 0.5) is 5.69 Å². The Morgan fingerprint density at radius 2 is 1.95 bits per heavy atom. The van der Waals surface area contributed by atoms with Gasteiger partial charge in [-0.05, 0) is 31.9 Å². The molecular formula is C16H26N2O. The van der Waals surface area contributed by atoms with Gasteiger partial charge in [-0.3, -0.25) is 4.79 Å². The number of primary amides is 1. The maximum atomic E-state index is 11.8. The Hall–Kier alpha value is -1.51. The predicted octanol–water partition coefficient (Wildman–Crippen LogP) is 3.62. The highest BCUT2D eigenvalue weighted by atomic mass is 16.1. The molecule has 0 aliphatic carbocycles. The van der Waals surface area contributed by atoms with E-state index in [1.54, 1.807) is 0 Å². The summed E-state index contributed by atoms with van der Waals surface area (Å²) in [6.45, 7) is 6.10. The van der Waals surface area contributed by atoms with Crippen molar-refractivity contribution >= 4 is 11.6 Å². The van der Waals surface area contributed by atoms with E-state index in [-0.39, 0.29) is 5.91 Å². The molecule has 1 atom stereocenters. The number of carbonyl (C=O) groups excluding carboxylic acids is 1. The largest absolute Gasteiger partial charge is 0.371 e. The smallest absolute Gasteiger partial charge is 0.242 e. The van der Waals surface area contributed by atoms with Crippen molar-refractivity contribution in [2.24, 2.45) is 5.73 Å². The number of carbonyl (C=O) groups is 1. The molecule has 1 aromatic rings. The van der Waals surface area contributed by atoms with E-state index in [9.17, 15) is 4.79 Å². The lowest BCUT2D eigenvalue weighted by molar-refractivity contribution is -0.122. The van der Waals surface area contributed by atoms with E-state index in [0.29, 0.717) is 0 Å². The Morgan fingerprint density at radius 3 is 2.53 bits per heavy atom. The Morgan fingerprint density at radius 1 is 1.26 bits per heavy atom. The first-order valence-corrected chi connectivity index (χ1v) is 7.13. The molecule has 1 amide bonds. The molecular weight excluding hydrogens is 236 g/mol. The van der Waals surface area contributed by atoms with Crippen molar-refractivity contribution in [1.29, 1.82) is 0 Å². The average molecular weight is 262 g/mol. The van der Waals surface area contributed by atoms with Crippen LogP contribution in [0.5, 0.6) is 0 Å². The standard InChI is InChI=1S/C16H26N2O/c1-4-5-6-9-12-16(3,15(17)19)18-14-11-8-7-10-13(14)2/h7-8,10-11,18H,4-6,9,12H2,1-3H3,(H2,17,19). The lowest BCUT2D eigenvalue weighted by Gasteiger charge is -2.29. The summed E-state index contributed by atoms with van der Waals surface area (Å²) in [6.07, 6.45) is 5.34. The number of anilines is 1. The van der Waals surface area contributed by atoms with Gasteiger partial charge in [0.05, 0.1) is 0 Å². The molecule has 0 aliphatic heterocycles. The molecule has 0 bridgehead atoms. The van der Waals surface area contributed by atoms with Crippen LogP contribution in [0.25, 0.3) is 0 Å². The molecule has 1 rings (SSSR count). The van der Waals surface area contributed by atoms with Crippen molar-refractivity contribution in [2.75, 3.05) is 5.32 Å². The molecule has 0 aliphatic rings. The first kappa shape index (κ1) is 15.5. The third-order valence-electron chi connectivity index (χ3n) is 3.63. The Bertz CT molecular complexity index is 417. The predicted molar refractivity (Wildman–Crippen MR) is 81.2 cm³/mol. The molecule has 0 saturated carbocycles. The van der Waals surface area contributed by atoms with E-state index in [0.717, 1.165) is 30.5 Å². The lowest BCUT2D eigenvalue weighted by atomic mass is 9.92. The summed E-state index contributed by atoms with van der Waals surface area (Å²) in [6, 6.07) is 7.97. The SMILES string of the molecule is CCCCCCC(C)(Nc1ccccc1C)C(N)=O. The van der Waals surface area contributed by atoms with Gasteiger partial charge in [0.2, 0.25) is 5.91 Å². The van der Waals surface area contributed by atoms with Crippen LogP contribution in [0.2, 0.25) is 0 Å². The van der Waals surface area contributed by atoms with E-state index in [4.69, 9.17) is 5.73 Å². The highest BCUT2D eigenvalue weighted by Gasteiger charge is 2.30. The number of nitrogens with two attached hydrogens (primary N) is 1. The molecule has 19 heavy (non-hydrogen) atoms. The molecule has 1 aromatic carbocycles. The molecule has 0 aromatic heterocycles. The number of para-hydroxylation sites is 1. The van der Waals surface area contributed by atoms with Crippen LogP contribution in [0.15, 0.2) is 24.3 Å². The van der Waals surface area contributed by atoms with Crippen LogP contribution in [0.1, 0.15) is 51.5 Å². The highest BCUT2D eigenvalue weighted by Crippen LogP contribution is 2.23. The normalized spacial score (nSPS) is 13.8. The van der Waals surface area contributed by atoms with Gasteiger partial charge >= 0.3 is 0 Å². The third kappa shape index (κ3) is 4.58. The summed E-state index contributed by atoms with van der Waals surface area (Å²) < 4.78 is 0. The fourth-order valence-electron chi connectivity index (χ4n) is 2.16. The van der Waals surface area contributed by atoms with E-state index >= 15 is 0 Å². The zero-order valence-electron chi connectivity index (χ0n) is 12.3. The van der Waals surface area contributed by atoms with Crippen LogP contribution in [0.3, 0.4) is 0 Å². The van der Waals surface area contributed by atoms with Gasteiger partial charge in [0.15, 0.2) is 0 Å². The van der Waals surface area contributed by atoms with Crippen LogP contribution in [-0.2, 0) is 4.79 Å². The minimum absolute atomic E-state index is 0.285. The van der Waals surface area contributed by atoms with Crippen molar-refractivity contribution in [2.45, 2.75) is 58.4 Å². The number of unbranched alkanes of at least 4 members (excludes halogenated alkanes) is 3. The van der Waals surface area contributed by atoms with Crippen LogP contribution >= 0.6 is 0 Å². The molecule has 0 fully saturated rings. The highest BCUT2D eigenvalue weighted by molar-refractivity contribution is 5.87. The van der Waals surface area contributed by atoms with Crippen LogP contribution in [0, 0.1) is 6.92 Å². The van der Waals surface area contributed by atoms with Crippen molar-refractivity contribution < 1.29 is 4.79 Å². The zero-order chi connectivity index (χ0) is 14.3. The minimum Gasteiger partial charge on any atom is -0.371 e. The Balaban J connectivity index is 2.71. The molecule has 0 spiro atoms. The second kappa shape index (κ2) is 7.17. The van der Waals surface area contributed by atoms with Crippen molar-refractivity contribution in [3.8, 4) is 0 Å². The summed E-state index contributed by atoms with van der Waals surface area (Å²) in [7, 11) is 0. The number of benzene rings is 1. The molecule has 0 saturated heterocycles. The van der Waals surface area contributed by atoms with Gasteiger partial charge in [0.25, 0.3) is 0 Å². The fourth-order valence-corrected chi connectivity index (χ4v) is 2.16. The van der Waals surface area contributed by atoms with Gasteiger partial charge in [0.1, 0.15) is 5.54 Å². The third-order valence-corrected chi connectivity index (χ3v) is 3.63. The van der Waals surface area contributed by atoms with E-state index in [1.807, 2.05) is 38.1 Å². The van der Waals surface area contributed by atoms with Crippen molar-refractivity contribution in [1.82, 2.24) is 0 Å². The average Bonchev–Trinajstić information content (AvgIpc) is 2.37. The zero-order valence-corrected chi connectivity index (χ0v) is 12.3. The number of nitrogens with one attached hydrogen (secondary N) is 1. The van der Waals surface area contributed by atoms with Gasteiger partial charge in [-0.1, -0.05) is 50.8 Å². The molecule has 3 N–H and O–H groups in total. The van der Waals surface area contributed by atoms with Gasteiger partial charge in [-0.2, -0.15) is 0 Å². The van der Waals surface area contributed by atoms with Crippen molar-refractivity contribution in [3.05, 3.63) is 29.8 Å². The van der Waals surface area contributed by atoms with Gasteiger partial charge in [0, 0.05) is 5.69 Å². The molecule has 1 unspecified atom stereocenters. The molecule has 3 heteroatoms. The Labute approximate surface area is 116 Å². The van der Waals surface area contributed by atoms with E-state index in [1.165, 1.54) is 12.8 Å². The Kier molecular flexibility index (Phi) is 5.87. The fraction of sp³-hybridized carbons (Fsp3) is 0.562. The van der Waals surface area contributed by atoms with Gasteiger partial charge < -0.3 is 11.1 Å². The number of amides is 1. The second-order valence-electron chi connectivity index (χ2n) is 5.45. The molecule has 106 valence electrons. The number of aryl methyl sites for hydroxylation is 1. The maximum Gasteiger partial charge on any atom is 0.242 e. The van der Waals surface area contributed by atoms with Gasteiger partial charge in [-0.15, -0.1) is 0 Å². The summed E-state index contributed by atoms with van der Waals surface area (Å²) in [5.41, 5.74) is 7.03. The number of hydrogen-bond acceptors (Lipinski definition) is 2. The first-order valence-electron chi connectivity index (χ1n) is 7.13. The summed E-state index contributed by atoms with van der Waals surface area (Å²) in [4.78, 5) is 11.8.